The number of fused-ring (bicyclic) bond motifs is 1. The van der Waals surface area contributed by atoms with Gasteiger partial charge in [0, 0.05) is 0 Å². The van der Waals surface area contributed by atoms with Crippen LogP contribution in [0.2, 0.25) is 0 Å². The van der Waals surface area contributed by atoms with Crippen molar-refractivity contribution in [1.82, 2.24) is 0 Å². The molecule has 0 heteroatoms. The predicted molar refractivity (Wildman–Crippen MR) is 71.2 cm³/mol. The Labute approximate surface area is 98.7 Å². The number of rotatable bonds is 3. The summed E-state index contributed by atoms with van der Waals surface area (Å²) in [5, 5.41) is 0. The van der Waals surface area contributed by atoms with E-state index in [4.69, 9.17) is 0 Å². The van der Waals surface area contributed by atoms with E-state index < -0.39 is 0 Å². The van der Waals surface area contributed by atoms with Crippen LogP contribution in [-0.4, -0.2) is 0 Å². The molecule has 0 atom stereocenters. The monoisotopic (exact) mass is 212 g/mol. The van der Waals surface area contributed by atoms with Crippen LogP contribution < -0.4 is 0 Å². The lowest BCUT2D eigenvalue weighted by Crippen LogP contribution is -1.83. The molecule has 0 nitrogen and oxygen atoms in total. The maximum absolute atomic E-state index is 2.38. The standard InChI is InChI=1S/C16H20/c1-4-5-9-14-11-16-12(2)8-6-7-10-15(16)13(14)3/h6-8,10-11H,4-5,9H2,1-3H3. The average molecular weight is 212 g/mol. The van der Waals surface area contributed by atoms with Gasteiger partial charge in [-0.05, 0) is 54.5 Å². The molecule has 2 rings (SSSR count). The van der Waals surface area contributed by atoms with Crippen LogP contribution >= 0.6 is 0 Å². The second-order valence-corrected chi connectivity index (χ2v) is 4.63. The summed E-state index contributed by atoms with van der Waals surface area (Å²) < 4.78 is 0. The fraction of sp³-hybridized carbons (Fsp3) is 0.375. The van der Waals surface area contributed by atoms with E-state index in [-0.39, 0.29) is 0 Å². The Balaban J connectivity index is 2.50. The average Bonchev–Trinajstić information content (AvgIpc) is 2.47. The summed E-state index contributed by atoms with van der Waals surface area (Å²) >= 11 is 0. The SMILES string of the molecule is CCCCc1cc2c(C)ccccc-2c1C. The zero-order chi connectivity index (χ0) is 11.5. The molecule has 0 aromatic carbocycles. The minimum atomic E-state index is 1.22. The second kappa shape index (κ2) is 4.69. The van der Waals surface area contributed by atoms with Crippen LogP contribution in [0.3, 0.4) is 0 Å². The topological polar surface area (TPSA) is 0 Å². The van der Waals surface area contributed by atoms with Crippen LogP contribution in [0, 0.1) is 13.8 Å². The van der Waals surface area contributed by atoms with Gasteiger partial charge in [0.15, 0.2) is 0 Å². The predicted octanol–water partition coefficient (Wildman–Crippen LogP) is 4.75. The lowest BCUT2D eigenvalue weighted by atomic mass is 10.1. The summed E-state index contributed by atoms with van der Waals surface area (Å²) in [6, 6.07) is 11.1. The van der Waals surface area contributed by atoms with Crippen molar-refractivity contribution in [2.75, 3.05) is 0 Å². The van der Waals surface area contributed by atoms with Gasteiger partial charge in [0.25, 0.3) is 0 Å². The van der Waals surface area contributed by atoms with Crippen LogP contribution in [0.25, 0.3) is 11.1 Å². The molecule has 0 N–H and O–H groups in total. The molecule has 0 saturated carbocycles. The van der Waals surface area contributed by atoms with Crippen molar-refractivity contribution in [1.29, 1.82) is 0 Å². The van der Waals surface area contributed by atoms with Gasteiger partial charge in [-0.15, -0.1) is 0 Å². The van der Waals surface area contributed by atoms with E-state index in [2.05, 4.69) is 51.1 Å². The van der Waals surface area contributed by atoms with Crippen molar-refractivity contribution >= 4 is 0 Å². The van der Waals surface area contributed by atoms with Crippen molar-refractivity contribution in [2.24, 2.45) is 0 Å². The molecule has 0 aromatic rings. The number of unbranched alkanes of at least 4 members (excludes halogenated alkanes) is 1. The summed E-state index contributed by atoms with van der Waals surface area (Å²) in [7, 11) is 0. The van der Waals surface area contributed by atoms with Gasteiger partial charge in [-0.3, -0.25) is 0 Å². The van der Waals surface area contributed by atoms with E-state index in [0.29, 0.717) is 0 Å². The zero-order valence-electron chi connectivity index (χ0n) is 10.5. The Morgan fingerprint density at radius 2 is 1.75 bits per heavy atom. The third-order valence-corrected chi connectivity index (χ3v) is 3.44. The first kappa shape index (κ1) is 11.2. The first-order chi connectivity index (χ1) is 7.74. The Kier molecular flexibility index (Phi) is 3.28. The van der Waals surface area contributed by atoms with Gasteiger partial charge in [-0.1, -0.05) is 43.7 Å². The molecule has 84 valence electrons. The Morgan fingerprint density at radius 3 is 2.50 bits per heavy atom. The van der Waals surface area contributed by atoms with Crippen molar-refractivity contribution in [2.45, 2.75) is 40.0 Å². The van der Waals surface area contributed by atoms with E-state index in [1.165, 1.54) is 47.1 Å². The van der Waals surface area contributed by atoms with Gasteiger partial charge in [0.05, 0.1) is 0 Å². The van der Waals surface area contributed by atoms with Crippen molar-refractivity contribution < 1.29 is 0 Å². The molecule has 0 fully saturated rings. The smallest absolute Gasteiger partial charge is 0.0149 e. The van der Waals surface area contributed by atoms with E-state index >= 15 is 0 Å². The third kappa shape index (κ3) is 1.97. The van der Waals surface area contributed by atoms with E-state index in [1.54, 1.807) is 0 Å². The third-order valence-electron chi connectivity index (χ3n) is 3.44. The highest BCUT2D eigenvalue weighted by Gasteiger charge is 2.12. The Morgan fingerprint density at radius 1 is 1.00 bits per heavy atom. The van der Waals surface area contributed by atoms with E-state index in [9.17, 15) is 0 Å². The number of hydrogen-bond acceptors (Lipinski definition) is 0. The molecule has 0 spiro atoms. The summed E-state index contributed by atoms with van der Waals surface area (Å²) in [6.07, 6.45) is 3.79. The zero-order valence-corrected chi connectivity index (χ0v) is 10.5. The molecule has 2 aliphatic carbocycles. The molecule has 0 saturated heterocycles. The summed E-state index contributed by atoms with van der Waals surface area (Å²) in [6.45, 7) is 6.71. The Bertz CT molecular complexity index is 454. The molecule has 0 radical (unpaired) electrons. The van der Waals surface area contributed by atoms with Crippen molar-refractivity contribution in [3.8, 4) is 11.1 Å². The molecule has 0 aliphatic heterocycles. The highest BCUT2D eigenvalue weighted by Crippen LogP contribution is 2.33. The molecular formula is C16H20. The molecule has 0 amide bonds. The summed E-state index contributed by atoms with van der Waals surface area (Å²) in [4.78, 5) is 0. The number of hydrogen-bond donors (Lipinski definition) is 0. The molecule has 0 unspecified atom stereocenters. The van der Waals surface area contributed by atoms with Gasteiger partial charge in [0.1, 0.15) is 0 Å². The van der Waals surface area contributed by atoms with Crippen LogP contribution in [0.1, 0.15) is 36.5 Å². The van der Waals surface area contributed by atoms with Gasteiger partial charge >= 0.3 is 0 Å². The second-order valence-electron chi connectivity index (χ2n) is 4.63. The minimum Gasteiger partial charge on any atom is -0.0654 e. The quantitative estimate of drug-likeness (QED) is 0.688. The first-order valence-corrected chi connectivity index (χ1v) is 6.22. The first-order valence-electron chi connectivity index (χ1n) is 6.22. The van der Waals surface area contributed by atoms with Gasteiger partial charge < -0.3 is 0 Å². The molecule has 0 aromatic heterocycles. The van der Waals surface area contributed by atoms with Crippen LogP contribution in [-0.2, 0) is 6.42 Å². The van der Waals surface area contributed by atoms with Gasteiger partial charge in [-0.25, -0.2) is 0 Å². The van der Waals surface area contributed by atoms with Gasteiger partial charge in [0.2, 0.25) is 0 Å². The highest BCUT2D eigenvalue weighted by molar-refractivity contribution is 5.75. The molecule has 0 heterocycles. The summed E-state index contributed by atoms with van der Waals surface area (Å²) in [5.74, 6) is 0. The summed E-state index contributed by atoms with van der Waals surface area (Å²) in [5.41, 5.74) is 7.24. The fourth-order valence-electron chi connectivity index (χ4n) is 2.34. The molecule has 2 aliphatic rings. The van der Waals surface area contributed by atoms with Crippen LogP contribution in [0.15, 0.2) is 30.3 Å². The maximum Gasteiger partial charge on any atom is -0.0149 e. The minimum absolute atomic E-state index is 1.22. The van der Waals surface area contributed by atoms with Crippen molar-refractivity contribution in [3.05, 3.63) is 47.0 Å². The lowest BCUT2D eigenvalue weighted by molar-refractivity contribution is 0.794. The van der Waals surface area contributed by atoms with Gasteiger partial charge in [-0.2, -0.15) is 0 Å². The normalized spacial score (nSPS) is 10.9. The molecule has 0 bridgehead atoms. The van der Waals surface area contributed by atoms with E-state index in [1.807, 2.05) is 0 Å². The van der Waals surface area contributed by atoms with Crippen molar-refractivity contribution in [3.63, 3.8) is 0 Å². The van der Waals surface area contributed by atoms with Crippen LogP contribution in [0.5, 0.6) is 0 Å². The highest BCUT2D eigenvalue weighted by atomic mass is 14.2. The fourth-order valence-corrected chi connectivity index (χ4v) is 2.34. The lowest BCUT2D eigenvalue weighted by Gasteiger charge is -1.99. The maximum atomic E-state index is 2.38. The van der Waals surface area contributed by atoms with E-state index in [0.717, 1.165) is 0 Å². The van der Waals surface area contributed by atoms with Crippen LogP contribution in [0.4, 0.5) is 0 Å². The molecular weight excluding hydrogens is 192 g/mol. The number of aryl methyl sites for hydroxylation is 2. The largest absolute Gasteiger partial charge is 0.0654 e. The molecule has 16 heavy (non-hydrogen) atoms. The Hall–Kier alpha value is -1.30.